The number of halogens is 1. The van der Waals surface area contributed by atoms with E-state index in [1.54, 1.807) is 6.20 Å². The molecule has 1 fully saturated rings. The average Bonchev–Trinajstić information content (AvgIpc) is 2.87. The number of likely N-dealkylation sites (tertiary alicyclic amines) is 1. The Morgan fingerprint density at radius 1 is 1.38 bits per heavy atom. The van der Waals surface area contributed by atoms with E-state index in [2.05, 4.69) is 32.8 Å². The molecule has 1 aromatic rings. The molecule has 1 atom stereocenters. The van der Waals surface area contributed by atoms with E-state index in [-0.39, 0.29) is 29.9 Å². The van der Waals surface area contributed by atoms with Crippen LogP contribution in [0.3, 0.4) is 0 Å². The Morgan fingerprint density at radius 2 is 1.95 bits per heavy atom. The Morgan fingerprint density at radius 3 is 2.38 bits per heavy atom. The van der Waals surface area contributed by atoms with Crippen LogP contribution in [0.4, 0.5) is 0 Å². The van der Waals surface area contributed by atoms with Gasteiger partial charge in [-0.25, -0.2) is 0 Å². The number of piperidine rings is 1. The molecule has 0 aliphatic carbocycles. The van der Waals surface area contributed by atoms with Crippen LogP contribution < -0.4 is 5.73 Å². The third-order valence-electron chi connectivity index (χ3n) is 4.09. The fraction of sp³-hybridized carbons (Fsp3) is 0.733. The van der Waals surface area contributed by atoms with Crippen LogP contribution in [-0.4, -0.2) is 39.7 Å². The van der Waals surface area contributed by atoms with E-state index in [4.69, 9.17) is 5.73 Å². The number of nitrogens with two attached hydrogens (primary N) is 1. The molecular formula is C15H27ClN4O. The third kappa shape index (κ3) is 4.20. The molecule has 2 rings (SSSR count). The highest BCUT2D eigenvalue weighted by molar-refractivity contribution is 5.93. The lowest BCUT2D eigenvalue weighted by Crippen LogP contribution is -2.42. The highest BCUT2D eigenvalue weighted by atomic mass is 35.5. The second-order valence-corrected chi connectivity index (χ2v) is 6.83. The van der Waals surface area contributed by atoms with E-state index in [0.29, 0.717) is 11.5 Å². The van der Waals surface area contributed by atoms with Crippen LogP contribution >= 0.6 is 12.4 Å². The van der Waals surface area contributed by atoms with Crippen molar-refractivity contribution in [1.29, 1.82) is 0 Å². The van der Waals surface area contributed by atoms with Gasteiger partial charge in [0.2, 0.25) is 0 Å². The van der Waals surface area contributed by atoms with Crippen molar-refractivity contribution in [3.05, 3.63) is 18.0 Å². The summed E-state index contributed by atoms with van der Waals surface area (Å²) in [5.41, 5.74) is 6.52. The fourth-order valence-electron chi connectivity index (χ4n) is 2.61. The van der Waals surface area contributed by atoms with Crippen LogP contribution in [-0.2, 0) is 5.54 Å². The van der Waals surface area contributed by atoms with Crippen LogP contribution in [0, 0.1) is 5.92 Å². The highest BCUT2D eigenvalue weighted by Gasteiger charge is 2.26. The molecule has 1 aliphatic rings. The van der Waals surface area contributed by atoms with Gasteiger partial charge in [0, 0.05) is 25.3 Å². The molecule has 2 heterocycles. The van der Waals surface area contributed by atoms with Gasteiger partial charge in [0.25, 0.3) is 5.91 Å². The summed E-state index contributed by atoms with van der Waals surface area (Å²) in [6.45, 7) is 9.86. The first-order chi connectivity index (χ1) is 9.29. The quantitative estimate of drug-likeness (QED) is 0.910. The molecule has 21 heavy (non-hydrogen) atoms. The Labute approximate surface area is 133 Å². The summed E-state index contributed by atoms with van der Waals surface area (Å²) in [6, 6.07) is 0.218. The van der Waals surface area contributed by atoms with Crippen molar-refractivity contribution in [3.8, 4) is 0 Å². The molecule has 1 amide bonds. The minimum Gasteiger partial charge on any atom is -0.339 e. The smallest absolute Gasteiger partial charge is 0.257 e. The third-order valence-corrected chi connectivity index (χ3v) is 4.09. The van der Waals surface area contributed by atoms with Crippen molar-refractivity contribution in [2.24, 2.45) is 11.7 Å². The van der Waals surface area contributed by atoms with Crippen molar-refractivity contribution in [1.82, 2.24) is 14.7 Å². The zero-order chi connectivity index (χ0) is 14.9. The molecule has 0 aromatic carbocycles. The first-order valence-corrected chi connectivity index (χ1v) is 7.39. The number of nitrogens with zero attached hydrogens (tertiary/aromatic N) is 3. The normalized spacial score (nSPS) is 18.2. The van der Waals surface area contributed by atoms with Gasteiger partial charge in [0.15, 0.2) is 0 Å². The van der Waals surface area contributed by atoms with Crippen molar-refractivity contribution in [3.63, 3.8) is 0 Å². The summed E-state index contributed by atoms with van der Waals surface area (Å²) in [5.74, 6) is 0.625. The van der Waals surface area contributed by atoms with Gasteiger partial charge < -0.3 is 10.6 Å². The van der Waals surface area contributed by atoms with Crippen molar-refractivity contribution < 1.29 is 4.79 Å². The van der Waals surface area contributed by atoms with Gasteiger partial charge in [-0.2, -0.15) is 5.10 Å². The molecule has 2 N–H and O–H groups in total. The number of amides is 1. The molecule has 0 bridgehead atoms. The molecule has 1 aliphatic heterocycles. The summed E-state index contributed by atoms with van der Waals surface area (Å²) in [4.78, 5) is 14.4. The topological polar surface area (TPSA) is 64.2 Å². The van der Waals surface area contributed by atoms with E-state index in [1.807, 2.05) is 15.8 Å². The second-order valence-electron chi connectivity index (χ2n) is 6.83. The monoisotopic (exact) mass is 314 g/mol. The zero-order valence-electron chi connectivity index (χ0n) is 13.4. The predicted molar refractivity (Wildman–Crippen MR) is 86.7 cm³/mol. The Balaban J connectivity index is 0.00000220. The maximum absolute atomic E-state index is 12.5. The minimum atomic E-state index is -0.0967. The first-order valence-electron chi connectivity index (χ1n) is 7.39. The van der Waals surface area contributed by atoms with Crippen molar-refractivity contribution in [2.75, 3.05) is 13.1 Å². The number of carbonyl (C=O) groups is 1. The minimum absolute atomic E-state index is 0. The predicted octanol–water partition coefficient (Wildman–Crippen LogP) is 2.26. The van der Waals surface area contributed by atoms with Crippen molar-refractivity contribution in [2.45, 2.75) is 52.1 Å². The standard InChI is InChI=1S/C15H26N4O.ClH/c1-11(16)12-5-7-18(8-6-12)14(20)13-9-17-19(10-13)15(2,3)4;/h9-12H,5-8,16H2,1-4H3;1H. The molecule has 0 radical (unpaired) electrons. The molecule has 1 saturated heterocycles. The number of hydrogen-bond donors (Lipinski definition) is 1. The van der Waals surface area contributed by atoms with E-state index in [9.17, 15) is 4.79 Å². The summed E-state index contributed by atoms with van der Waals surface area (Å²) >= 11 is 0. The molecule has 1 aromatic heterocycles. The van der Waals surface area contributed by atoms with E-state index in [1.165, 1.54) is 0 Å². The van der Waals surface area contributed by atoms with Crippen LogP contribution in [0.1, 0.15) is 50.9 Å². The lowest BCUT2D eigenvalue weighted by atomic mass is 9.91. The SMILES string of the molecule is CC(N)C1CCN(C(=O)c2cnn(C(C)(C)C)c2)CC1.Cl. The molecule has 120 valence electrons. The zero-order valence-corrected chi connectivity index (χ0v) is 14.2. The Kier molecular flexibility index (Phi) is 5.82. The van der Waals surface area contributed by atoms with Gasteiger partial charge in [-0.1, -0.05) is 0 Å². The van der Waals surface area contributed by atoms with Gasteiger partial charge in [0.1, 0.15) is 0 Å². The molecule has 0 saturated carbocycles. The summed E-state index contributed by atoms with van der Waals surface area (Å²) in [7, 11) is 0. The first kappa shape index (κ1) is 18.0. The lowest BCUT2D eigenvalue weighted by Gasteiger charge is -2.33. The largest absolute Gasteiger partial charge is 0.339 e. The van der Waals surface area contributed by atoms with Crippen molar-refractivity contribution >= 4 is 18.3 Å². The van der Waals surface area contributed by atoms with Crippen LogP contribution in [0.2, 0.25) is 0 Å². The summed E-state index contributed by atoms with van der Waals surface area (Å²) in [6.07, 6.45) is 5.51. The number of aromatic nitrogens is 2. The molecular weight excluding hydrogens is 288 g/mol. The van der Waals surface area contributed by atoms with Gasteiger partial charge in [-0.15, -0.1) is 12.4 Å². The molecule has 6 heteroatoms. The second kappa shape index (κ2) is 6.79. The van der Waals surface area contributed by atoms with Crippen LogP contribution in [0.5, 0.6) is 0 Å². The van der Waals surface area contributed by atoms with E-state index < -0.39 is 0 Å². The number of hydrogen-bond acceptors (Lipinski definition) is 3. The fourth-order valence-corrected chi connectivity index (χ4v) is 2.61. The maximum Gasteiger partial charge on any atom is 0.257 e. The van der Waals surface area contributed by atoms with E-state index in [0.717, 1.165) is 25.9 Å². The maximum atomic E-state index is 12.5. The Hall–Kier alpha value is -1.07. The van der Waals surface area contributed by atoms with Crippen LogP contribution in [0.25, 0.3) is 0 Å². The number of carbonyl (C=O) groups excluding carboxylic acids is 1. The number of rotatable bonds is 2. The Bertz CT molecular complexity index is 470. The van der Waals surface area contributed by atoms with Gasteiger partial charge in [-0.3, -0.25) is 9.48 Å². The average molecular weight is 315 g/mol. The molecule has 1 unspecified atom stereocenters. The van der Waals surface area contributed by atoms with Gasteiger partial charge >= 0.3 is 0 Å². The van der Waals surface area contributed by atoms with Crippen LogP contribution in [0.15, 0.2) is 12.4 Å². The lowest BCUT2D eigenvalue weighted by molar-refractivity contribution is 0.0681. The van der Waals surface area contributed by atoms with E-state index >= 15 is 0 Å². The molecule has 5 nitrogen and oxygen atoms in total. The summed E-state index contributed by atoms with van der Waals surface area (Å²) < 4.78 is 1.84. The highest BCUT2D eigenvalue weighted by Crippen LogP contribution is 2.21. The van der Waals surface area contributed by atoms with Gasteiger partial charge in [0.05, 0.1) is 17.3 Å². The molecule has 0 spiro atoms. The van der Waals surface area contributed by atoms with Gasteiger partial charge in [-0.05, 0) is 46.5 Å². The summed E-state index contributed by atoms with van der Waals surface area (Å²) in [5, 5.41) is 4.30.